The summed E-state index contributed by atoms with van der Waals surface area (Å²) in [5.41, 5.74) is 0. The van der Waals surface area contributed by atoms with Crippen molar-refractivity contribution in [3.8, 4) is 0 Å². The Morgan fingerprint density at radius 2 is 1.67 bits per heavy atom. The summed E-state index contributed by atoms with van der Waals surface area (Å²) in [5.74, 6) is -4.92. The summed E-state index contributed by atoms with van der Waals surface area (Å²) < 4.78 is 72.8. The van der Waals surface area contributed by atoms with Gasteiger partial charge in [-0.15, -0.1) is 0 Å². The third-order valence-corrected chi connectivity index (χ3v) is 3.18. The summed E-state index contributed by atoms with van der Waals surface area (Å²) in [6.07, 6.45) is -8.98. The van der Waals surface area contributed by atoms with E-state index in [9.17, 15) is 31.1 Å². The molecule has 0 amide bonds. The normalized spacial score (nSPS) is 30.8. The van der Waals surface area contributed by atoms with Gasteiger partial charge in [0.2, 0.25) is 0 Å². The maximum Gasteiger partial charge on any atom is 0.490 e. The van der Waals surface area contributed by atoms with Crippen molar-refractivity contribution in [2.24, 2.45) is 11.8 Å². The molecule has 1 aliphatic carbocycles. The van der Waals surface area contributed by atoms with E-state index in [1.807, 2.05) is 0 Å². The Morgan fingerprint density at radius 3 is 1.90 bits per heavy atom. The molecule has 2 rings (SSSR count). The molecule has 1 saturated carbocycles. The first-order valence-electron chi connectivity index (χ1n) is 5.60. The Balaban J connectivity index is 0.000000270. The molecular weight excluding hydrogens is 312 g/mol. The Labute approximate surface area is 114 Å². The van der Waals surface area contributed by atoms with E-state index in [-0.39, 0.29) is 6.42 Å². The van der Waals surface area contributed by atoms with Crippen LogP contribution in [0.1, 0.15) is 6.42 Å². The molecule has 11 heteroatoms. The second kappa shape index (κ2) is 5.70. The van der Waals surface area contributed by atoms with Crippen molar-refractivity contribution in [1.82, 2.24) is 5.32 Å². The number of nitrogens with one attached hydrogen (secondary N) is 1. The van der Waals surface area contributed by atoms with Gasteiger partial charge in [-0.2, -0.15) is 26.3 Å². The average Bonchev–Trinajstić information content (AvgIpc) is 2.86. The number of carboxylic acid groups (broad SMARTS) is 1. The van der Waals surface area contributed by atoms with Crippen LogP contribution in [0.15, 0.2) is 0 Å². The van der Waals surface area contributed by atoms with E-state index < -0.39 is 48.2 Å². The zero-order chi connectivity index (χ0) is 16.6. The fourth-order valence-corrected chi connectivity index (χ4v) is 2.22. The van der Waals surface area contributed by atoms with Crippen molar-refractivity contribution < 1.29 is 45.8 Å². The van der Waals surface area contributed by atoms with Crippen LogP contribution in [-0.4, -0.2) is 48.6 Å². The quantitative estimate of drug-likeness (QED) is 0.562. The van der Waals surface area contributed by atoms with E-state index in [1.165, 1.54) is 7.11 Å². The Bertz CT molecular complexity index is 409. The minimum atomic E-state index is -5.08. The Morgan fingerprint density at radius 1 is 1.19 bits per heavy atom. The molecule has 0 radical (unpaired) electrons. The number of halogens is 6. The second-order valence-electron chi connectivity index (χ2n) is 4.54. The number of aliphatic carboxylic acids is 1. The van der Waals surface area contributed by atoms with Gasteiger partial charge in [-0.25, -0.2) is 4.79 Å². The number of hydrogen-bond acceptors (Lipinski definition) is 4. The molecule has 1 saturated heterocycles. The molecule has 0 aromatic carbocycles. The molecule has 0 bridgehead atoms. The highest BCUT2D eigenvalue weighted by Gasteiger charge is 2.68. The van der Waals surface area contributed by atoms with E-state index in [0.717, 1.165) is 0 Å². The van der Waals surface area contributed by atoms with Crippen LogP contribution in [0.4, 0.5) is 26.3 Å². The van der Waals surface area contributed by atoms with E-state index >= 15 is 0 Å². The summed E-state index contributed by atoms with van der Waals surface area (Å²) in [4.78, 5) is 19.9. The van der Waals surface area contributed by atoms with Crippen molar-refractivity contribution in [3.63, 3.8) is 0 Å². The summed E-state index contributed by atoms with van der Waals surface area (Å²) in [5, 5.41) is 9.77. The molecule has 0 unspecified atom stereocenters. The summed E-state index contributed by atoms with van der Waals surface area (Å²) >= 11 is 0. The maximum absolute atomic E-state index is 12.2. The summed E-state index contributed by atoms with van der Waals surface area (Å²) in [6, 6.07) is -1.12. The second-order valence-corrected chi connectivity index (χ2v) is 4.54. The van der Waals surface area contributed by atoms with Crippen molar-refractivity contribution in [1.29, 1.82) is 0 Å². The lowest BCUT2D eigenvalue weighted by atomic mass is 10.1. The standard InChI is InChI=1S/C8H10F3NO2.C2HF3O2/c1-14-7(13)4-2-3-5(6(3)12-4)8(9,10)11;3-2(4,5)1(6)7/h3-6,12H,2H2,1H3;(H,6,7)/t3-,4+,5-,6-;/m1./s1. The largest absolute Gasteiger partial charge is 0.490 e. The molecule has 0 aromatic rings. The van der Waals surface area contributed by atoms with Crippen LogP contribution >= 0.6 is 0 Å². The molecular formula is C10H11F6NO4. The van der Waals surface area contributed by atoms with Gasteiger partial charge in [0, 0.05) is 6.04 Å². The van der Waals surface area contributed by atoms with Gasteiger partial charge in [0.15, 0.2) is 0 Å². The first-order chi connectivity index (χ1) is 9.39. The van der Waals surface area contributed by atoms with Gasteiger partial charge in [0.1, 0.15) is 6.04 Å². The number of carbonyl (C=O) groups excluding carboxylic acids is 1. The fraction of sp³-hybridized carbons (Fsp3) is 0.800. The first-order valence-corrected chi connectivity index (χ1v) is 5.60. The molecule has 21 heavy (non-hydrogen) atoms. The SMILES string of the molecule is COC(=O)[C@@H]1C[C@H]2[C@@H](N1)[C@@H]2C(F)(F)F.O=C(O)C(F)(F)F. The van der Waals surface area contributed by atoms with Gasteiger partial charge >= 0.3 is 24.3 Å². The molecule has 2 aliphatic rings. The molecule has 2 fully saturated rings. The van der Waals surface area contributed by atoms with E-state index in [2.05, 4.69) is 10.1 Å². The van der Waals surface area contributed by atoms with Crippen LogP contribution in [0.25, 0.3) is 0 Å². The average molecular weight is 323 g/mol. The number of alkyl halides is 6. The van der Waals surface area contributed by atoms with Crippen molar-refractivity contribution >= 4 is 11.9 Å². The number of hydrogen-bond donors (Lipinski definition) is 2. The smallest absolute Gasteiger partial charge is 0.475 e. The van der Waals surface area contributed by atoms with Gasteiger partial charge in [0.05, 0.1) is 13.0 Å². The zero-order valence-electron chi connectivity index (χ0n) is 10.5. The van der Waals surface area contributed by atoms with Gasteiger partial charge in [-0.3, -0.25) is 4.79 Å². The summed E-state index contributed by atoms with van der Waals surface area (Å²) in [6.45, 7) is 0. The molecule has 122 valence electrons. The lowest BCUT2D eigenvalue weighted by Crippen LogP contribution is -2.38. The molecule has 4 atom stereocenters. The molecule has 0 aromatic heterocycles. The van der Waals surface area contributed by atoms with Gasteiger partial charge in [-0.1, -0.05) is 0 Å². The van der Waals surface area contributed by atoms with Crippen LogP contribution in [0.2, 0.25) is 0 Å². The molecule has 0 spiro atoms. The molecule has 2 N–H and O–H groups in total. The van der Waals surface area contributed by atoms with Crippen LogP contribution in [-0.2, 0) is 14.3 Å². The van der Waals surface area contributed by atoms with Gasteiger partial charge < -0.3 is 15.2 Å². The predicted octanol–water partition coefficient (Wildman–Crippen LogP) is 1.33. The Hall–Kier alpha value is -1.52. The lowest BCUT2D eigenvalue weighted by molar-refractivity contribution is -0.192. The number of piperidine rings is 1. The Kier molecular flexibility index (Phi) is 4.76. The van der Waals surface area contributed by atoms with Gasteiger partial charge in [0.25, 0.3) is 0 Å². The number of rotatable bonds is 1. The number of methoxy groups -OCH3 is 1. The monoisotopic (exact) mass is 323 g/mol. The number of fused-ring (bicyclic) bond motifs is 1. The number of ether oxygens (including phenoxy) is 1. The topological polar surface area (TPSA) is 75.6 Å². The highest BCUT2D eigenvalue weighted by atomic mass is 19.4. The van der Waals surface area contributed by atoms with Gasteiger partial charge in [-0.05, 0) is 12.3 Å². The van der Waals surface area contributed by atoms with Crippen molar-refractivity contribution in [3.05, 3.63) is 0 Å². The molecule has 5 nitrogen and oxygen atoms in total. The van der Waals surface area contributed by atoms with Crippen LogP contribution < -0.4 is 5.32 Å². The van der Waals surface area contributed by atoms with Crippen molar-refractivity contribution in [2.45, 2.75) is 30.9 Å². The third kappa shape index (κ3) is 4.22. The van der Waals surface area contributed by atoms with E-state index in [4.69, 9.17) is 9.90 Å². The summed E-state index contributed by atoms with van der Waals surface area (Å²) in [7, 11) is 1.23. The van der Waals surface area contributed by atoms with E-state index in [0.29, 0.717) is 0 Å². The minimum Gasteiger partial charge on any atom is -0.475 e. The fourth-order valence-electron chi connectivity index (χ4n) is 2.22. The van der Waals surface area contributed by atoms with Crippen LogP contribution in [0.5, 0.6) is 0 Å². The van der Waals surface area contributed by atoms with Crippen LogP contribution in [0.3, 0.4) is 0 Å². The number of carboxylic acids is 1. The minimum absolute atomic E-state index is 0.238. The highest BCUT2D eigenvalue weighted by molar-refractivity contribution is 5.76. The van der Waals surface area contributed by atoms with E-state index in [1.54, 1.807) is 0 Å². The van der Waals surface area contributed by atoms with Crippen molar-refractivity contribution in [2.75, 3.05) is 7.11 Å². The number of carbonyl (C=O) groups is 2. The predicted molar refractivity (Wildman–Crippen MR) is 54.1 cm³/mol. The number of esters is 1. The highest BCUT2D eigenvalue weighted by Crippen LogP contribution is 2.55. The third-order valence-electron chi connectivity index (χ3n) is 3.18. The lowest BCUT2D eigenvalue weighted by Gasteiger charge is -2.14. The maximum atomic E-state index is 12.2. The molecule has 1 aliphatic heterocycles. The molecule has 1 heterocycles. The zero-order valence-corrected chi connectivity index (χ0v) is 10.5. The van der Waals surface area contributed by atoms with Crippen LogP contribution in [0, 0.1) is 11.8 Å². The first kappa shape index (κ1) is 17.5.